The normalized spacial score (nSPS) is 18.3. The Bertz CT molecular complexity index is 1060. The molecule has 7 heteroatoms. The van der Waals surface area contributed by atoms with Crippen LogP contribution in [0.3, 0.4) is 0 Å². The minimum atomic E-state index is -1.01. The Hall–Kier alpha value is -2.50. The summed E-state index contributed by atoms with van der Waals surface area (Å²) in [4.78, 5) is 25.4. The van der Waals surface area contributed by atoms with Crippen molar-refractivity contribution in [3.63, 3.8) is 0 Å². The Kier molecular flexibility index (Phi) is 7.21. The zero-order valence-corrected chi connectivity index (χ0v) is 20.1. The zero-order chi connectivity index (χ0) is 23.6. The van der Waals surface area contributed by atoms with Gasteiger partial charge in [-0.05, 0) is 74.1 Å². The topological polar surface area (TPSA) is 66.8 Å². The van der Waals surface area contributed by atoms with Crippen LogP contribution < -0.4 is 0 Å². The Labute approximate surface area is 198 Å². The highest BCUT2D eigenvalue weighted by Crippen LogP contribution is 2.45. The van der Waals surface area contributed by atoms with Gasteiger partial charge in [-0.2, -0.15) is 0 Å². The second-order valence-corrected chi connectivity index (χ2v) is 9.78. The van der Waals surface area contributed by atoms with Crippen LogP contribution in [0.4, 0.5) is 4.79 Å². The molecular formula is C25H27Cl2NO4. The molecule has 0 saturated carbocycles. The van der Waals surface area contributed by atoms with Crippen molar-refractivity contribution >= 4 is 41.3 Å². The van der Waals surface area contributed by atoms with Crippen LogP contribution in [-0.4, -0.2) is 34.7 Å². The number of hydrogen-bond acceptors (Lipinski definition) is 3. The Morgan fingerprint density at radius 3 is 2.41 bits per heavy atom. The molecule has 2 atom stereocenters. The van der Waals surface area contributed by atoms with Gasteiger partial charge in [0.15, 0.2) is 0 Å². The number of fused-ring (bicyclic) bond motifs is 1. The number of nitrogens with zero attached hydrogens (tertiary/aromatic N) is 1. The average molecular weight is 476 g/mol. The third-order valence-electron chi connectivity index (χ3n) is 5.49. The van der Waals surface area contributed by atoms with Crippen molar-refractivity contribution in [2.75, 3.05) is 7.05 Å². The summed E-state index contributed by atoms with van der Waals surface area (Å²) in [6.07, 6.45) is 3.84. The van der Waals surface area contributed by atoms with Crippen LogP contribution >= 0.6 is 23.2 Å². The summed E-state index contributed by atoms with van der Waals surface area (Å²) >= 11 is 12.4. The molecule has 5 nitrogen and oxygen atoms in total. The smallest absolute Gasteiger partial charge is 0.410 e. The molecule has 0 spiro atoms. The molecule has 0 radical (unpaired) electrons. The van der Waals surface area contributed by atoms with Gasteiger partial charge < -0.3 is 14.7 Å². The van der Waals surface area contributed by atoms with E-state index in [1.165, 1.54) is 0 Å². The molecule has 0 fully saturated rings. The van der Waals surface area contributed by atoms with Crippen molar-refractivity contribution in [3.8, 4) is 0 Å². The lowest BCUT2D eigenvalue weighted by Crippen LogP contribution is -2.38. The molecule has 0 heterocycles. The van der Waals surface area contributed by atoms with Crippen molar-refractivity contribution < 1.29 is 19.4 Å². The molecule has 0 saturated heterocycles. The van der Waals surface area contributed by atoms with Gasteiger partial charge >= 0.3 is 12.1 Å². The highest BCUT2D eigenvalue weighted by atomic mass is 35.5. The van der Waals surface area contributed by atoms with Crippen molar-refractivity contribution in [3.05, 3.63) is 74.8 Å². The van der Waals surface area contributed by atoms with E-state index >= 15 is 0 Å². The van der Waals surface area contributed by atoms with Crippen LogP contribution in [0.15, 0.2) is 42.5 Å². The van der Waals surface area contributed by atoms with E-state index in [1.54, 1.807) is 24.1 Å². The van der Waals surface area contributed by atoms with Gasteiger partial charge in [0.05, 0.1) is 16.1 Å². The predicted molar refractivity (Wildman–Crippen MR) is 127 cm³/mol. The molecule has 0 aliphatic heterocycles. The maximum Gasteiger partial charge on any atom is 0.410 e. The van der Waals surface area contributed by atoms with E-state index in [-0.39, 0.29) is 18.1 Å². The number of carboxylic acids is 1. The number of carboxylic acid groups (broad SMARTS) is 1. The Morgan fingerprint density at radius 1 is 1.06 bits per heavy atom. The largest absolute Gasteiger partial charge is 0.478 e. The average Bonchev–Trinajstić information content (AvgIpc) is 2.71. The van der Waals surface area contributed by atoms with Gasteiger partial charge in [-0.3, -0.25) is 0 Å². The number of carbonyl (C=O) groups is 2. The van der Waals surface area contributed by atoms with Crippen LogP contribution in [0, 0.1) is 0 Å². The van der Waals surface area contributed by atoms with Crippen molar-refractivity contribution in [1.82, 2.24) is 4.90 Å². The lowest BCUT2D eigenvalue weighted by Gasteiger charge is -2.37. The van der Waals surface area contributed by atoms with Crippen molar-refractivity contribution in [1.29, 1.82) is 0 Å². The molecular weight excluding hydrogens is 449 g/mol. The van der Waals surface area contributed by atoms with E-state index in [1.807, 2.05) is 51.1 Å². The van der Waals surface area contributed by atoms with E-state index in [9.17, 15) is 9.59 Å². The fourth-order valence-corrected chi connectivity index (χ4v) is 4.35. The number of amides is 1. The Morgan fingerprint density at radius 2 is 1.78 bits per heavy atom. The van der Waals surface area contributed by atoms with E-state index < -0.39 is 11.6 Å². The van der Waals surface area contributed by atoms with Crippen LogP contribution in [0.5, 0.6) is 0 Å². The first-order valence-electron chi connectivity index (χ1n) is 10.4. The molecule has 1 aliphatic rings. The first-order valence-corrected chi connectivity index (χ1v) is 11.2. The van der Waals surface area contributed by atoms with Crippen LogP contribution in [0.1, 0.15) is 67.8 Å². The molecule has 1 N–H and O–H groups in total. The quantitative estimate of drug-likeness (QED) is 0.486. The molecule has 2 aromatic carbocycles. The molecule has 32 heavy (non-hydrogen) atoms. The number of hydrogen-bond donors (Lipinski definition) is 1. The van der Waals surface area contributed by atoms with Gasteiger partial charge in [0.25, 0.3) is 0 Å². The van der Waals surface area contributed by atoms with Crippen LogP contribution in [0.2, 0.25) is 10.0 Å². The maximum absolute atomic E-state index is 12.7. The monoisotopic (exact) mass is 475 g/mol. The van der Waals surface area contributed by atoms with Gasteiger partial charge in [-0.15, -0.1) is 0 Å². The second kappa shape index (κ2) is 9.55. The van der Waals surface area contributed by atoms with Gasteiger partial charge in [0, 0.05) is 19.0 Å². The predicted octanol–water partition coefficient (Wildman–Crippen LogP) is 6.92. The molecule has 170 valence electrons. The number of ether oxygens (including phenoxy) is 1. The number of halogens is 2. The first kappa shape index (κ1) is 24.1. The summed E-state index contributed by atoms with van der Waals surface area (Å²) in [5, 5.41) is 9.98. The standard InChI is InChI=1S/C25H27Cl2NO4/c1-25(2,3)32-24(31)28(4)22-11-9-17(16-7-10-20(26)21(27)14-16)19-13-15(5-8-18(19)22)6-12-23(29)30/h5-8,10,12-14,17,22H,9,11H2,1-4H3,(H,29,30)/t17-,22-/m0/s1. The van der Waals surface area contributed by atoms with E-state index in [0.717, 1.165) is 41.2 Å². The highest BCUT2D eigenvalue weighted by molar-refractivity contribution is 6.42. The number of benzene rings is 2. The van der Waals surface area contributed by atoms with E-state index in [4.69, 9.17) is 33.0 Å². The van der Waals surface area contributed by atoms with Crippen LogP contribution in [0.25, 0.3) is 6.08 Å². The van der Waals surface area contributed by atoms with E-state index in [2.05, 4.69) is 0 Å². The lowest BCUT2D eigenvalue weighted by atomic mass is 9.76. The number of rotatable bonds is 4. The first-order chi connectivity index (χ1) is 15.0. The number of aliphatic carboxylic acids is 1. The summed E-state index contributed by atoms with van der Waals surface area (Å²) in [6.45, 7) is 5.53. The molecule has 0 aromatic heterocycles. The van der Waals surface area contributed by atoms with Crippen LogP contribution in [-0.2, 0) is 9.53 Å². The highest BCUT2D eigenvalue weighted by Gasteiger charge is 2.34. The third kappa shape index (κ3) is 5.64. The summed E-state index contributed by atoms with van der Waals surface area (Å²) in [7, 11) is 1.75. The lowest BCUT2D eigenvalue weighted by molar-refractivity contribution is -0.131. The van der Waals surface area contributed by atoms with Gasteiger partial charge in [0.1, 0.15) is 5.60 Å². The summed E-state index contributed by atoms with van der Waals surface area (Å²) in [5.41, 5.74) is 3.25. The maximum atomic E-state index is 12.7. The number of carbonyl (C=O) groups excluding carboxylic acids is 1. The zero-order valence-electron chi connectivity index (χ0n) is 18.6. The molecule has 0 bridgehead atoms. The summed E-state index contributed by atoms with van der Waals surface area (Å²) in [5.74, 6) is -0.965. The molecule has 1 amide bonds. The van der Waals surface area contributed by atoms with Crippen molar-refractivity contribution in [2.24, 2.45) is 0 Å². The van der Waals surface area contributed by atoms with Gasteiger partial charge in [0.2, 0.25) is 0 Å². The second-order valence-electron chi connectivity index (χ2n) is 8.97. The molecule has 2 aromatic rings. The minimum Gasteiger partial charge on any atom is -0.478 e. The fourth-order valence-electron chi connectivity index (χ4n) is 4.04. The molecule has 3 rings (SSSR count). The summed E-state index contributed by atoms with van der Waals surface area (Å²) in [6, 6.07) is 11.3. The van der Waals surface area contributed by atoms with Gasteiger partial charge in [-0.25, -0.2) is 9.59 Å². The molecule has 1 aliphatic carbocycles. The summed E-state index contributed by atoms with van der Waals surface area (Å²) < 4.78 is 5.58. The SMILES string of the molecule is CN(C(=O)OC(C)(C)C)[C@H]1CC[C@@H](c2ccc(Cl)c(Cl)c2)c2cc(C=CC(=O)O)ccc21. The van der Waals surface area contributed by atoms with Gasteiger partial charge in [-0.1, -0.05) is 47.5 Å². The minimum absolute atomic E-state index is 0.0428. The fraction of sp³-hybridized carbons (Fsp3) is 0.360. The van der Waals surface area contributed by atoms with E-state index in [0.29, 0.717) is 10.0 Å². The third-order valence-corrected chi connectivity index (χ3v) is 6.23. The molecule has 0 unspecified atom stereocenters. The van der Waals surface area contributed by atoms with Crippen molar-refractivity contribution in [2.45, 2.75) is 51.2 Å². The Balaban J connectivity index is 2.04.